The van der Waals surface area contributed by atoms with Gasteiger partial charge in [0, 0.05) is 17.8 Å². The van der Waals surface area contributed by atoms with Crippen LogP contribution in [0.4, 0.5) is 5.69 Å². The Labute approximate surface area is 169 Å². The van der Waals surface area contributed by atoms with Crippen LogP contribution in [-0.4, -0.2) is 26.4 Å². The summed E-state index contributed by atoms with van der Waals surface area (Å²) < 4.78 is 1.97. The average molecular weight is 393 g/mol. The number of hydrogen-bond donors (Lipinski definition) is 1. The van der Waals surface area contributed by atoms with Gasteiger partial charge in [-0.2, -0.15) is 0 Å². The Morgan fingerprint density at radius 2 is 1.86 bits per heavy atom. The largest absolute Gasteiger partial charge is 0.325 e. The minimum absolute atomic E-state index is 0.0625. The number of benzene rings is 2. The van der Waals surface area contributed by atoms with E-state index in [-0.39, 0.29) is 11.7 Å². The SMILES string of the molecule is C=CCn1c(SCC(=O)Nc2ccccc2C(C)C)nnc1-c1ccccc1. The minimum Gasteiger partial charge on any atom is -0.325 e. The van der Waals surface area contributed by atoms with Gasteiger partial charge in [0.05, 0.1) is 5.75 Å². The molecule has 1 amide bonds. The number of para-hydroxylation sites is 1. The first-order valence-corrected chi connectivity index (χ1v) is 10.2. The number of nitrogens with zero attached hydrogens (tertiary/aromatic N) is 3. The van der Waals surface area contributed by atoms with Crippen LogP contribution in [0.5, 0.6) is 0 Å². The van der Waals surface area contributed by atoms with Crippen molar-refractivity contribution in [1.82, 2.24) is 14.8 Å². The van der Waals surface area contributed by atoms with Crippen molar-refractivity contribution >= 4 is 23.4 Å². The van der Waals surface area contributed by atoms with Gasteiger partial charge in [-0.05, 0) is 17.5 Å². The highest BCUT2D eigenvalue weighted by Crippen LogP contribution is 2.26. The number of aromatic nitrogens is 3. The van der Waals surface area contributed by atoms with Crippen molar-refractivity contribution in [3.63, 3.8) is 0 Å². The number of hydrogen-bond acceptors (Lipinski definition) is 4. The van der Waals surface area contributed by atoms with Crippen molar-refractivity contribution in [2.75, 3.05) is 11.1 Å². The molecule has 28 heavy (non-hydrogen) atoms. The van der Waals surface area contributed by atoms with Gasteiger partial charge < -0.3 is 5.32 Å². The third-order valence-corrected chi connectivity index (χ3v) is 5.22. The first-order valence-electron chi connectivity index (χ1n) is 9.21. The first-order chi connectivity index (χ1) is 13.6. The first kappa shape index (κ1) is 19.9. The van der Waals surface area contributed by atoms with Crippen LogP contribution in [0.3, 0.4) is 0 Å². The monoisotopic (exact) mass is 392 g/mol. The van der Waals surface area contributed by atoms with E-state index in [0.717, 1.165) is 22.6 Å². The summed E-state index contributed by atoms with van der Waals surface area (Å²) in [7, 11) is 0. The molecule has 0 fully saturated rings. The molecule has 6 heteroatoms. The lowest BCUT2D eigenvalue weighted by Gasteiger charge is -2.13. The molecule has 1 aromatic heterocycles. The summed E-state index contributed by atoms with van der Waals surface area (Å²) in [6.45, 7) is 8.63. The number of carbonyl (C=O) groups excluding carboxylic acids is 1. The Balaban J connectivity index is 1.72. The fourth-order valence-electron chi connectivity index (χ4n) is 2.92. The Morgan fingerprint density at radius 3 is 2.57 bits per heavy atom. The highest BCUT2D eigenvalue weighted by Gasteiger charge is 2.15. The summed E-state index contributed by atoms with van der Waals surface area (Å²) in [4.78, 5) is 12.5. The molecule has 1 N–H and O–H groups in total. The summed E-state index contributed by atoms with van der Waals surface area (Å²) in [5.41, 5.74) is 2.97. The smallest absolute Gasteiger partial charge is 0.234 e. The van der Waals surface area contributed by atoms with Crippen molar-refractivity contribution in [2.45, 2.75) is 31.5 Å². The zero-order valence-electron chi connectivity index (χ0n) is 16.1. The predicted molar refractivity (Wildman–Crippen MR) is 116 cm³/mol. The van der Waals surface area contributed by atoms with Gasteiger partial charge in [0.1, 0.15) is 0 Å². The maximum absolute atomic E-state index is 12.5. The quantitative estimate of drug-likeness (QED) is 0.434. The molecule has 144 valence electrons. The van der Waals surface area contributed by atoms with Gasteiger partial charge >= 0.3 is 0 Å². The van der Waals surface area contributed by atoms with Gasteiger partial charge in [-0.25, -0.2) is 0 Å². The van der Waals surface area contributed by atoms with Crippen LogP contribution in [0, 0.1) is 0 Å². The Kier molecular flexibility index (Phi) is 6.66. The van der Waals surface area contributed by atoms with Gasteiger partial charge in [-0.15, -0.1) is 16.8 Å². The molecule has 3 rings (SSSR count). The van der Waals surface area contributed by atoms with E-state index >= 15 is 0 Å². The van der Waals surface area contributed by atoms with Crippen LogP contribution in [0.15, 0.2) is 72.4 Å². The molecule has 0 atom stereocenters. The predicted octanol–water partition coefficient (Wildman–Crippen LogP) is 4.99. The summed E-state index contributed by atoms with van der Waals surface area (Å²) in [5.74, 6) is 1.31. The summed E-state index contributed by atoms with van der Waals surface area (Å²) in [5, 5.41) is 12.3. The molecule has 3 aromatic rings. The van der Waals surface area contributed by atoms with Crippen molar-refractivity contribution < 1.29 is 4.79 Å². The summed E-state index contributed by atoms with van der Waals surface area (Å²) in [6.07, 6.45) is 1.80. The fourth-order valence-corrected chi connectivity index (χ4v) is 3.67. The second-order valence-corrected chi connectivity index (χ2v) is 7.59. The van der Waals surface area contributed by atoms with Gasteiger partial charge in [0.2, 0.25) is 5.91 Å². The molecule has 0 unspecified atom stereocenters. The second kappa shape index (κ2) is 9.37. The zero-order chi connectivity index (χ0) is 19.9. The minimum atomic E-state index is -0.0625. The van der Waals surface area contributed by atoms with Crippen LogP contribution in [0.2, 0.25) is 0 Å². The molecule has 0 aliphatic heterocycles. The third-order valence-electron chi connectivity index (χ3n) is 4.25. The lowest BCUT2D eigenvalue weighted by Crippen LogP contribution is -2.16. The van der Waals surface area contributed by atoms with Crippen LogP contribution in [-0.2, 0) is 11.3 Å². The average Bonchev–Trinajstić information content (AvgIpc) is 3.10. The fraction of sp³-hybridized carbons (Fsp3) is 0.227. The molecule has 0 bridgehead atoms. The standard InChI is InChI=1S/C22H24N4OS/c1-4-14-26-21(17-10-6-5-7-11-17)24-25-22(26)28-15-20(27)23-19-13-9-8-12-18(19)16(2)3/h4-13,16H,1,14-15H2,2-3H3,(H,23,27). The van der Waals surface area contributed by atoms with E-state index in [1.165, 1.54) is 11.8 Å². The molecule has 0 radical (unpaired) electrons. The van der Waals surface area contributed by atoms with Crippen molar-refractivity contribution in [2.24, 2.45) is 0 Å². The lowest BCUT2D eigenvalue weighted by molar-refractivity contribution is -0.113. The Hall–Kier alpha value is -2.86. The van der Waals surface area contributed by atoms with Crippen molar-refractivity contribution in [1.29, 1.82) is 0 Å². The maximum Gasteiger partial charge on any atom is 0.234 e. The van der Waals surface area contributed by atoms with Crippen LogP contribution in [0.1, 0.15) is 25.3 Å². The number of amides is 1. The third kappa shape index (κ3) is 4.70. The second-order valence-electron chi connectivity index (χ2n) is 6.65. The van der Waals surface area contributed by atoms with Gasteiger partial charge in [0.15, 0.2) is 11.0 Å². The molecule has 0 saturated heterocycles. The maximum atomic E-state index is 12.5. The number of anilines is 1. The van der Waals surface area contributed by atoms with E-state index in [4.69, 9.17) is 0 Å². The molecule has 0 spiro atoms. The number of allylic oxidation sites excluding steroid dienone is 1. The number of rotatable bonds is 8. The Morgan fingerprint density at radius 1 is 1.14 bits per heavy atom. The van der Waals surface area contributed by atoms with Gasteiger partial charge in [-0.3, -0.25) is 9.36 Å². The van der Waals surface area contributed by atoms with Crippen molar-refractivity contribution in [3.8, 4) is 11.4 Å². The molecule has 5 nitrogen and oxygen atoms in total. The van der Waals surface area contributed by atoms with Gasteiger partial charge in [-0.1, -0.05) is 80.2 Å². The molecule has 0 aliphatic carbocycles. The van der Waals surface area contributed by atoms with Crippen LogP contribution < -0.4 is 5.32 Å². The van der Waals surface area contributed by atoms with E-state index in [1.54, 1.807) is 6.08 Å². The number of carbonyl (C=O) groups is 1. The number of nitrogens with one attached hydrogen (secondary N) is 1. The Bertz CT molecular complexity index is 950. The number of thioether (sulfide) groups is 1. The highest BCUT2D eigenvalue weighted by molar-refractivity contribution is 7.99. The normalized spacial score (nSPS) is 10.8. The van der Waals surface area contributed by atoms with E-state index in [9.17, 15) is 4.79 Å². The molecule has 0 aliphatic rings. The van der Waals surface area contributed by atoms with Crippen molar-refractivity contribution in [3.05, 3.63) is 72.8 Å². The molecule has 0 saturated carbocycles. The molecular weight excluding hydrogens is 368 g/mol. The lowest BCUT2D eigenvalue weighted by atomic mass is 10.0. The summed E-state index contributed by atoms with van der Waals surface area (Å²) in [6, 6.07) is 17.8. The topological polar surface area (TPSA) is 59.8 Å². The van der Waals surface area contributed by atoms with E-state index in [0.29, 0.717) is 17.6 Å². The molecule has 2 aromatic carbocycles. The zero-order valence-corrected chi connectivity index (χ0v) is 16.9. The van der Waals surface area contributed by atoms with Crippen LogP contribution in [0.25, 0.3) is 11.4 Å². The molecular formula is C22H24N4OS. The highest BCUT2D eigenvalue weighted by atomic mass is 32.2. The van der Waals surface area contributed by atoms with Gasteiger partial charge in [0.25, 0.3) is 0 Å². The van der Waals surface area contributed by atoms with E-state index in [1.807, 2.05) is 59.2 Å². The molecule has 1 heterocycles. The van der Waals surface area contributed by atoms with Crippen LogP contribution >= 0.6 is 11.8 Å². The van der Waals surface area contributed by atoms with E-state index < -0.39 is 0 Å². The van der Waals surface area contributed by atoms with E-state index in [2.05, 4.69) is 35.9 Å². The summed E-state index contributed by atoms with van der Waals surface area (Å²) >= 11 is 1.37.